The van der Waals surface area contributed by atoms with Gasteiger partial charge < -0.3 is 9.88 Å². The lowest BCUT2D eigenvalue weighted by atomic mass is 10.2. The number of nitrogens with zero attached hydrogens (tertiary/aromatic N) is 3. The molecule has 0 aliphatic carbocycles. The van der Waals surface area contributed by atoms with Crippen LogP contribution in [0.3, 0.4) is 0 Å². The lowest BCUT2D eigenvalue weighted by Gasteiger charge is -2.21. The van der Waals surface area contributed by atoms with Gasteiger partial charge in [-0.05, 0) is 50.1 Å². The fourth-order valence-electron chi connectivity index (χ4n) is 4.12. The minimum Gasteiger partial charge on any atom is -0.350 e. The fraction of sp³-hybridized carbons (Fsp3) is 0.391. The Bertz CT molecular complexity index is 1230. The highest BCUT2D eigenvalue weighted by Gasteiger charge is 2.28. The number of aryl methyl sites for hydroxylation is 1. The van der Waals surface area contributed by atoms with E-state index in [-0.39, 0.29) is 21.4 Å². The maximum atomic E-state index is 13.2. The predicted molar refractivity (Wildman–Crippen MR) is 125 cm³/mol. The van der Waals surface area contributed by atoms with Crippen LogP contribution in [-0.2, 0) is 16.6 Å². The third-order valence-electron chi connectivity index (χ3n) is 5.84. The number of sulfonamides is 1. The van der Waals surface area contributed by atoms with Gasteiger partial charge in [0, 0.05) is 31.7 Å². The summed E-state index contributed by atoms with van der Waals surface area (Å²) in [5.41, 5.74) is 2.20. The van der Waals surface area contributed by atoms with Crippen LogP contribution >= 0.6 is 11.6 Å². The zero-order chi connectivity index (χ0) is 22.7. The van der Waals surface area contributed by atoms with Crippen molar-refractivity contribution in [2.24, 2.45) is 0 Å². The van der Waals surface area contributed by atoms with Crippen molar-refractivity contribution in [3.8, 4) is 0 Å². The number of para-hydroxylation sites is 2. The summed E-state index contributed by atoms with van der Waals surface area (Å²) in [5, 5.41) is 3.01. The normalized spacial score (nSPS) is 15.6. The molecule has 1 N–H and O–H groups in total. The van der Waals surface area contributed by atoms with Gasteiger partial charge in [-0.3, -0.25) is 4.79 Å². The third-order valence-corrected chi connectivity index (χ3v) is 8.22. The maximum absolute atomic E-state index is 13.2. The second-order valence-electron chi connectivity index (χ2n) is 8.02. The molecular formula is C23H27ClN4O3S. The number of carbonyl (C=O) groups is 1. The van der Waals surface area contributed by atoms with E-state index in [1.54, 1.807) is 6.07 Å². The average Bonchev–Trinajstić information content (AvgIpc) is 2.95. The highest BCUT2D eigenvalue weighted by Crippen LogP contribution is 2.27. The van der Waals surface area contributed by atoms with Gasteiger partial charge in [-0.2, -0.15) is 4.31 Å². The van der Waals surface area contributed by atoms with Crippen LogP contribution in [-0.4, -0.2) is 47.8 Å². The molecule has 1 amide bonds. The van der Waals surface area contributed by atoms with Crippen molar-refractivity contribution < 1.29 is 13.2 Å². The van der Waals surface area contributed by atoms with Gasteiger partial charge in [0.05, 0.1) is 16.1 Å². The molecule has 2 aromatic carbocycles. The van der Waals surface area contributed by atoms with Crippen LogP contribution in [0.15, 0.2) is 47.4 Å². The molecule has 0 atom stereocenters. The van der Waals surface area contributed by atoms with Crippen molar-refractivity contribution >= 4 is 38.6 Å². The minimum atomic E-state index is -3.75. The molecule has 1 aliphatic rings. The molecule has 0 unspecified atom stereocenters. The van der Waals surface area contributed by atoms with Crippen LogP contribution in [0.1, 0.15) is 41.9 Å². The summed E-state index contributed by atoms with van der Waals surface area (Å²) < 4.78 is 29.9. The average molecular weight is 475 g/mol. The molecule has 1 fully saturated rings. The van der Waals surface area contributed by atoms with E-state index in [9.17, 15) is 13.2 Å². The predicted octanol–water partition coefficient (Wildman–Crippen LogP) is 3.99. The van der Waals surface area contributed by atoms with Gasteiger partial charge in [0.15, 0.2) is 0 Å². The molecule has 9 heteroatoms. The molecule has 32 heavy (non-hydrogen) atoms. The summed E-state index contributed by atoms with van der Waals surface area (Å²) in [4.78, 5) is 17.3. The molecule has 0 radical (unpaired) electrons. The smallest absolute Gasteiger partial charge is 0.251 e. The topological polar surface area (TPSA) is 84.3 Å². The molecule has 1 saturated heterocycles. The zero-order valence-electron chi connectivity index (χ0n) is 18.1. The first-order valence-corrected chi connectivity index (χ1v) is 12.7. The molecular weight excluding hydrogens is 448 g/mol. The van der Waals surface area contributed by atoms with Crippen molar-refractivity contribution in [1.29, 1.82) is 0 Å². The summed E-state index contributed by atoms with van der Waals surface area (Å²) in [6.07, 6.45) is 3.71. The van der Waals surface area contributed by atoms with Crippen molar-refractivity contribution in [2.75, 3.05) is 19.6 Å². The van der Waals surface area contributed by atoms with Gasteiger partial charge in [0.25, 0.3) is 5.91 Å². The van der Waals surface area contributed by atoms with Crippen LogP contribution in [0, 0.1) is 6.92 Å². The Morgan fingerprint density at radius 2 is 1.81 bits per heavy atom. The SMILES string of the molecule is Cc1nc2ccccc2n1CCNC(=O)c1ccc(Cl)c(S(=O)(=O)N2CCCCCC2)c1. The summed E-state index contributed by atoms with van der Waals surface area (Å²) >= 11 is 6.24. The van der Waals surface area contributed by atoms with E-state index >= 15 is 0 Å². The van der Waals surface area contributed by atoms with E-state index in [0.717, 1.165) is 42.5 Å². The van der Waals surface area contributed by atoms with Gasteiger partial charge in [0.1, 0.15) is 10.7 Å². The summed E-state index contributed by atoms with van der Waals surface area (Å²) in [6, 6.07) is 12.3. The van der Waals surface area contributed by atoms with E-state index in [0.29, 0.717) is 26.2 Å². The first-order chi connectivity index (χ1) is 15.4. The van der Waals surface area contributed by atoms with Crippen molar-refractivity contribution in [3.63, 3.8) is 0 Å². The molecule has 0 saturated carbocycles. The van der Waals surface area contributed by atoms with Crippen molar-refractivity contribution in [3.05, 3.63) is 58.9 Å². The Morgan fingerprint density at radius 3 is 2.56 bits per heavy atom. The Hall–Kier alpha value is -2.42. The zero-order valence-corrected chi connectivity index (χ0v) is 19.6. The number of rotatable bonds is 6. The first kappa shape index (κ1) is 22.8. The highest BCUT2D eigenvalue weighted by molar-refractivity contribution is 7.89. The largest absolute Gasteiger partial charge is 0.350 e. The van der Waals surface area contributed by atoms with Crippen LogP contribution in [0.4, 0.5) is 0 Å². The van der Waals surface area contributed by atoms with Crippen LogP contribution in [0.25, 0.3) is 11.0 Å². The second-order valence-corrected chi connectivity index (χ2v) is 10.3. The number of hydrogen-bond acceptors (Lipinski definition) is 4. The summed E-state index contributed by atoms with van der Waals surface area (Å²) in [7, 11) is -3.75. The Balaban J connectivity index is 1.48. The van der Waals surface area contributed by atoms with E-state index in [4.69, 9.17) is 11.6 Å². The van der Waals surface area contributed by atoms with E-state index in [1.807, 2.05) is 35.8 Å². The molecule has 4 rings (SSSR count). The summed E-state index contributed by atoms with van der Waals surface area (Å²) in [6.45, 7) is 3.84. The number of aromatic nitrogens is 2. The molecule has 7 nitrogen and oxygen atoms in total. The molecule has 1 aromatic heterocycles. The molecule has 3 aromatic rings. The third kappa shape index (κ3) is 4.67. The van der Waals surface area contributed by atoms with E-state index < -0.39 is 10.0 Å². The first-order valence-electron chi connectivity index (χ1n) is 10.9. The van der Waals surface area contributed by atoms with Crippen molar-refractivity contribution in [2.45, 2.75) is 44.0 Å². The number of nitrogens with one attached hydrogen (secondary N) is 1. The minimum absolute atomic E-state index is 0.00911. The van der Waals surface area contributed by atoms with Crippen LogP contribution < -0.4 is 5.32 Å². The number of hydrogen-bond donors (Lipinski definition) is 1. The summed E-state index contributed by atoms with van der Waals surface area (Å²) in [5.74, 6) is 0.536. The van der Waals surface area contributed by atoms with Crippen LogP contribution in [0.5, 0.6) is 0 Å². The Morgan fingerprint density at radius 1 is 1.09 bits per heavy atom. The van der Waals surface area contributed by atoms with Gasteiger partial charge >= 0.3 is 0 Å². The number of benzene rings is 2. The number of amides is 1. The van der Waals surface area contributed by atoms with E-state index in [2.05, 4.69) is 10.3 Å². The molecule has 170 valence electrons. The standard InChI is InChI=1S/C23H27ClN4O3S/c1-17-26-20-8-4-5-9-21(20)28(17)15-12-25-23(29)18-10-11-19(24)22(16-18)32(30,31)27-13-6-2-3-7-14-27/h4-5,8-11,16H,2-3,6-7,12-15H2,1H3,(H,25,29). The number of carbonyl (C=O) groups excluding carboxylic acids is 1. The van der Waals surface area contributed by atoms with Crippen molar-refractivity contribution in [1.82, 2.24) is 19.2 Å². The van der Waals surface area contributed by atoms with Gasteiger partial charge in [-0.1, -0.05) is 36.6 Å². The Labute approximate surface area is 193 Å². The maximum Gasteiger partial charge on any atom is 0.251 e. The monoisotopic (exact) mass is 474 g/mol. The molecule has 2 heterocycles. The quantitative estimate of drug-likeness (QED) is 0.585. The molecule has 1 aliphatic heterocycles. The fourth-order valence-corrected chi connectivity index (χ4v) is 6.14. The number of imidazole rings is 1. The number of halogens is 1. The van der Waals surface area contributed by atoms with Gasteiger partial charge in [-0.15, -0.1) is 0 Å². The van der Waals surface area contributed by atoms with E-state index in [1.165, 1.54) is 16.4 Å². The second kappa shape index (κ2) is 9.60. The molecule has 0 spiro atoms. The van der Waals surface area contributed by atoms with Gasteiger partial charge in [0.2, 0.25) is 10.0 Å². The highest BCUT2D eigenvalue weighted by atomic mass is 35.5. The number of fused-ring (bicyclic) bond motifs is 1. The molecule has 0 bridgehead atoms. The Kier molecular flexibility index (Phi) is 6.83. The lowest BCUT2D eigenvalue weighted by Crippen LogP contribution is -2.32. The van der Waals surface area contributed by atoms with Gasteiger partial charge in [-0.25, -0.2) is 13.4 Å². The van der Waals surface area contributed by atoms with Crippen LogP contribution in [0.2, 0.25) is 5.02 Å². The lowest BCUT2D eigenvalue weighted by molar-refractivity contribution is 0.0952.